The third kappa shape index (κ3) is 15.1. The van der Waals surface area contributed by atoms with Gasteiger partial charge < -0.3 is 10.8 Å². The zero-order valence-corrected chi connectivity index (χ0v) is 23.2. The number of aryl methyl sites for hydroxylation is 1. The lowest BCUT2D eigenvalue weighted by molar-refractivity contribution is 0.0996. The Balaban J connectivity index is 0. The van der Waals surface area contributed by atoms with E-state index in [1.165, 1.54) is 4.88 Å². The van der Waals surface area contributed by atoms with Gasteiger partial charge in [-0.1, -0.05) is 96.2 Å². The lowest BCUT2D eigenvalue weighted by Crippen LogP contribution is -2.09. The molecule has 0 bridgehead atoms. The maximum atomic E-state index is 11.3. The first-order valence-electron chi connectivity index (χ1n) is 10.6. The highest BCUT2D eigenvalue weighted by molar-refractivity contribution is 9.10. The van der Waals surface area contributed by atoms with Crippen molar-refractivity contribution in [3.63, 3.8) is 0 Å². The van der Waals surface area contributed by atoms with Gasteiger partial charge in [-0.25, -0.2) is 4.98 Å². The second-order valence-electron chi connectivity index (χ2n) is 6.68. The Hall–Kier alpha value is -2.95. The lowest BCUT2D eigenvalue weighted by atomic mass is 10.1. The molecule has 0 spiro atoms. The number of aliphatic hydroxyl groups is 1. The number of rotatable bonds is 5. The van der Waals surface area contributed by atoms with E-state index in [2.05, 4.69) is 39.2 Å². The summed E-state index contributed by atoms with van der Waals surface area (Å²) in [4.78, 5) is 17.1. The van der Waals surface area contributed by atoms with Crippen LogP contribution in [0.25, 0.3) is 11.3 Å². The minimum absolute atomic E-state index is 0. The molecule has 0 saturated heterocycles. The van der Waals surface area contributed by atoms with Crippen LogP contribution in [0.1, 0.15) is 47.9 Å². The van der Waals surface area contributed by atoms with Crippen LogP contribution in [0.4, 0.5) is 0 Å². The molecule has 3 N–H and O–H groups in total. The molecule has 1 aromatic heterocycles. The first-order valence-corrected chi connectivity index (χ1v) is 12.7. The maximum Gasteiger partial charge on any atom is 0.176 e. The Morgan fingerprint density at radius 3 is 2.03 bits per heavy atom. The van der Waals surface area contributed by atoms with Crippen LogP contribution in [-0.4, -0.2) is 32.3 Å². The summed E-state index contributed by atoms with van der Waals surface area (Å²) in [7, 11) is 0. The van der Waals surface area contributed by atoms with Gasteiger partial charge in [0.1, 0.15) is 5.01 Å². The highest BCUT2D eigenvalue weighted by Crippen LogP contribution is 2.27. The Morgan fingerprint density at radius 2 is 1.64 bits per heavy atom. The molecule has 1 unspecified atom stereocenters. The molecule has 0 fully saturated rings. The standard InChI is InChI=1S/C12H10N2S.C9H9BrO.C3H4N2S.C2H6O.CH4/c1-9-12(10-5-3-2-4-6-10)14-11(15-9)7-8-13;1-7(10)9(11)8-5-3-2-4-6-8;4-2-1-3(5)6;1-2-3;/h2-6H,7H2,1H3;2-7H,1H3;1H2,(H2,5,6);3H,2H2,1H3;1H4. The van der Waals surface area contributed by atoms with Crippen LogP contribution < -0.4 is 5.73 Å². The molecule has 0 radical (unpaired) electrons. The van der Waals surface area contributed by atoms with Gasteiger partial charge in [0.2, 0.25) is 0 Å². The van der Waals surface area contributed by atoms with Crippen molar-refractivity contribution in [3.05, 3.63) is 76.1 Å². The van der Waals surface area contributed by atoms with Gasteiger partial charge in [-0.2, -0.15) is 10.5 Å². The van der Waals surface area contributed by atoms with Gasteiger partial charge in [-0.05, 0) is 20.8 Å². The van der Waals surface area contributed by atoms with Crippen molar-refractivity contribution in [2.45, 2.75) is 45.9 Å². The smallest absolute Gasteiger partial charge is 0.176 e. The van der Waals surface area contributed by atoms with E-state index in [1.807, 2.05) is 74.5 Å². The minimum Gasteiger partial charge on any atom is -0.397 e. The van der Waals surface area contributed by atoms with E-state index in [0.717, 1.165) is 21.8 Å². The summed E-state index contributed by atoms with van der Waals surface area (Å²) in [5, 5.41) is 24.9. The molecule has 0 aliphatic heterocycles. The minimum atomic E-state index is -0.0927. The number of carbonyl (C=O) groups is 1. The molecule has 1 atom stereocenters. The van der Waals surface area contributed by atoms with E-state index in [0.29, 0.717) is 6.42 Å². The van der Waals surface area contributed by atoms with Crippen LogP contribution in [0.2, 0.25) is 0 Å². The first-order chi connectivity index (χ1) is 16.7. The van der Waals surface area contributed by atoms with Gasteiger partial charge in [0.25, 0.3) is 0 Å². The molecule has 2 aromatic carbocycles. The van der Waals surface area contributed by atoms with Crippen LogP contribution in [0.5, 0.6) is 0 Å². The summed E-state index contributed by atoms with van der Waals surface area (Å²) >= 11 is 9.18. The first kappa shape index (κ1) is 35.2. The van der Waals surface area contributed by atoms with E-state index >= 15 is 0 Å². The lowest BCUT2D eigenvalue weighted by Gasteiger charge is -2.00. The number of benzene rings is 2. The average Bonchev–Trinajstić information content (AvgIpc) is 3.21. The fourth-order valence-electron chi connectivity index (χ4n) is 2.37. The summed E-state index contributed by atoms with van der Waals surface area (Å²) < 4.78 is 0. The van der Waals surface area contributed by atoms with Crippen molar-refractivity contribution >= 4 is 50.3 Å². The summed E-state index contributed by atoms with van der Waals surface area (Å²) in [5.41, 5.74) is 7.80. The van der Waals surface area contributed by atoms with Crippen molar-refractivity contribution in [2.24, 2.45) is 5.73 Å². The average molecular weight is 590 g/mol. The Labute approximate surface area is 232 Å². The second kappa shape index (κ2) is 21.3. The Morgan fingerprint density at radius 1 is 1.14 bits per heavy atom. The fourth-order valence-corrected chi connectivity index (χ4v) is 3.58. The number of hydrogen-bond acceptors (Lipinski definition) is 7. The summed E-state index contributed by atoms with van der Waals surface area (Å²) in [6.07, 6.45) is 0.591. The highest BCUT2D eigenvalue weighted by Gasteiger charge is 2.10. The van der Waals surface area contributed by atoms with Gasteiger partial charge in [-0.3, -0.25) is 4.79 Å². The molecule has 3 aromatic rings. The molecule has 0 aliphatic rings. The third-order valence-electron chi connectivity index (χ3n) is 3.79. The topological polar surface area (TPSA) is 124 Å². The second-order valence-corrected chi connectivity index (χ2v) is 9.86. The maximum absolute atomic E-state index is 11.3. The normalized spacial score (nSPS) is 9.53. The largest absolute Gasteiger partial charge is 0.397 e. The van der Waals surface area contributed by atoms with E-state index in [1.54, 1.807) is 24.3 Å². The Kier molecular flexibility index (Phi) is 20.9. The van der Waals surface area contributed by atoms with Gasteiger partial charge in [0.15, 0.2) is 5.78 Å². The number of halogens is 1. The number of nitrogens with zero attached hydrogens (tertiary/aromatic N) is 3. The fraction of sp³-hybridized carbons (Fsp3) is 0.296. The number of carbonyl (C=O) groups excluding carboxylic acids is 1. The molecule has 1 heterocycles. The molecule has 6 nitrogen and oxygen atoms in total. The number of alkyl halides is 1. The number of nitriles is 2. The number of ketones is 1. The van der Waals surface area contributed by atoms with Crippen LogP contribution in [0.15, 0.2) is 60.7 Å². The monoisotopic (exact) mass is 588 g/mol. The number of Topliss-reactive ketones (excluding diaryl/α,β-unsaturated/α-hetero) is 1. The zero-order valence-electron chi connectivity index (χ0n) is 19.9. The number of thiazole rings is 1. The summed E-state index contributed by atoms with van der Waals surface area (Å²) in [6.45, 7) is 5.80. The molecular weight excluding hydrogens is 556 g/mol. The van der Waals surface area contributed by atoms with Crippen molar-refractivity contribution in [1.82, 2.24) is 4.98 Å². The Bertz CT molecular complexity index is 1110. The van der Waals surface area contributed by atoms with Crippen LogP contribution in [0.3, 0.4) is 0 Å². The van der Waals surface area contributed by atoms with E-state index in [9.17, 15) is 4.79 Å². The quantitative estimate of drug-likeness (QED) is 0.194. The number of aliphatic hydroxyl groups excluding tert-OH is 1. The van der Waals surface area contributed by atoms with Gasteiger partial charge >= 0.3 is 0 Å². The summed E-state index contributed by atoms with van der Waals surface area (Å²) in [5.74, 6) is 0.130. The predicted molar refractivity (Wildman–Crippen MR) is 157 cm³/mol. The van der Waals surface area contributed by atoms with Gasteiger partial charge in [0, 0.05) is 22.6 Å². The third-order valence-corrected chi connectivity index (χ3v) is 5.32. The zero-order chi connectivity index (χ0) is 26.6. The molecule has 0 saturated carbocycles. The molecule has 9 heteroatoms. The number of thiocarbonyl (C=S) groups is 1. The summed E-state index contributed by atoms with van der Waals surface area (Å²) in [6, 6.07) is 23.3. The number of aromatic nitrogens is 1. The van der Waals surface area contributed by atoms with E-state index in [4.69, 9.17) is 21.4 Å². The van der Waals surface area contributed by atoms with Crippen molar-refractivity contribution in [2.75, 3.05) is 6.61 Å². The van der Waals surface area contributed by atoms with Crippen LogP contribution in [0, 0.1) is 29.6 Å². The van der Waals surface area contributed by atoms with Crippen molar-refractivity contribution in [3.8, 4) is 23.4 Å². The molecule has 36 heavy (non-hydrogen) atoms. The van der Waals surface area contributed by atoms with Crippen LogP contribution >= 0.6 is 39.5 Å². The van der Waals surface area contributed by atoms with Gasteiger partial charge in [0.05, 0.1) is 40.5 Å². The van der Waals surface area contributed by atoms with Crippen molar-refractivity contribution in [1.29, 1.82) is 10.5 Å². The van der Waals surface area contributed by atoms with Crippen LogP contribution in [-0.2, 0) is 6.42 Å². The molecular formula is C27H33BrN4O2S2. The van der Waals surface area contributed by atoms with Gasteiger partial charge in [-0.15, -0.1) is 11.3 Å². The van der Waals surface area contributed by atoms with Crippen molar-refractivity contribution < 1.29 is 9.90 Å². The number of hydrogen-bond donors (Lipinski definition) is 2. The highest BCUT2D eigenvalue weighted by atomic mass is 79.9. The van der Waals surface area contributed by atoms with E-state index < -0.39 is 0 Å². The SMILES string of the molecule is C.CC(Br)C(=O)c1ccccc1.CCO.Cc1sc(CC#N)nc1-c1ccccc1.N#CCC(N)=S. The molecule has 192 valence electrons. The number of nitrogens with two attached hydrogens (primary N) is 1. The molecule has 0 aliphatic carbocycles. The predicted octanol–water partition coefficient (Wildman–Crippen LogP) is 6.66. The molecule has 3 rings (SSSR count). The molecule has 0 amide bonds. The van der Waals surface area contributed by atoms with E-state index in [-0.39, 0.29) is 36.1 Å².